The van der Waals surface area contributed by atoms with Gasteiger partial charge in [-0.1, -0.05) is 12.1 Å². The van der Waals surface area contributed by atoms with E-state index >= 15 is 0 Å². The van der Waals surface area contributed by atoms with Gasteiger partial charge in [0.25, 0.3) is 5.91 Å². The van der Waals surface area contributed by atoms with Crippen LogP contribution in [0.4, 0.5) is 11.4 Å². The number of carbonyl (C=O) groups is 2. The monoisotopic (exact) mass is 379 g/mol. The Morgan fingerprint density at radius 2 is 1.75 bits per heavy atom. The molecule has 0 bridgehead atoms. The maximum absolute atomic E-state index is 12.5. The van der Waals surface area contributed by atoms with Crippen molar-refractivity contribution < 1.29 is 19.1 Å². The zero-order valence-corrected chi connectivity index (χ0v) is 15.9. The second-order valence-corrected chi connectivity index (χ2v) is 5.69. The second-order valence-electron chi connectivity index (χ2n) is 5.69. The fourth-order valence-electron chi connectivity index (χ4n) is 2.48. The average Bonchev–Trinajstić information content (AvgIpc) is 2.67. The predicted molar refractivity (Wildman–Crippen MR) is 107 cm³/mol. The summed E-state index contributed by atoms with van der Waals surface area (Å²) in [4.78, 5) is 23.5. The zero-order valence-electron chi connectivity index (χ0n) is 15.9. The summed E-state index contributed by atoms with van der Waals surface area (Å²) in [6.07, 6.45) is 1.45. The van der Waals surface area contributed by atoms with Crippen molar-refractivity contribution in [1.29, 1.82) is 5.26 Å². The molecule has 0 saturated heterocycles. The molecule has 0 aliphatic rings. The number of para-hydroxylation sites is 1. The summed E-state index contributed by atoms with van der Waals surface area (Å²) >= 11 is 0. The summed E-state index contributed by atoms with van der Waals surface area (Å²) in [7, 11) is 1.50. The van der Waals surface area contributed by atoms with Gasteiger partial charge in [0, 0.05) is 23.9 Å². The molecule has 0 saturated carbocycles. The third-order valence-electron chi connectivity index (χ3n) is 3.64. The van der Waals surface area contributed by atoms with Gasteiger partial charge in [-0.25, -0.2) is 0 Å². The maximum Gasteiger partial charge on any atom is 0.266 e. The molecule has 0 unspecified atom stereocenters. The first-order valence-electron chi connectivity index (χ1n) is 8.59. The second kappa shape index (κ2) is 9.78. The number of nitrogens with one attached hydrogen (secondary N) is 2. The number of ether oxygens (including phenoxy) is 2. The summed E-state index contributed by atoms with van der Waals surface area (Å²) in [5.41, 5.74) is 1.58. The number of hydrogen-bond acceptors (Lipinski definition) is 5. The third kappa shape index (κ3) is 5.35. The van der Waals surface area contributed by atoms with Gasteiger partial charge in [0.2, 0.25) is 5.91 Å². The lowest BCUT2D eigenvalue weighted by molar-refractivity contribution is -0.114. The van der Waals surface area contributed by atoms with Gasteiger partial charge in [-0.2, -0.15) is 5.26 Å². The molecule has 0 aromatic heterocycles. The molecule has 2 aromatic rings. The van der Waals surface area contributed by atoms with E-state index in [-0.39, 0.29) is 11.5 Å². The maximum atomic E-state index is 12.5. The summed E-state index contributed by atoms with van der Waals surface area (Å²) in [6, 6.07) is 13.7. The van der Waals surface area contributed by atoms with Crippen molar-refractivity contribution in [2.75, 3.05) is 24.4 Å². The quantitative estimate of drug-likeness (QED) is 0.565. The van der Waals surface area contributed by atoms with Crippen LogP contribution < -0.4 is 20.1 Å². The Hall–Kier alpha value is -3.79. The topological polar surface area (TPSA) is 100 Å². The van der Waals surface area contributed by atoms with Crippen molar-refractivity contribution in [3.8, 4) is 17.6 Å². The van der Waals surface area contributed by atoms with Crippen molar-refractivity contribution in [2.24, 2.45) is 0 Å². The Kier molecular flexibility index (Phi) is 7.17. The van der Waals surface area contributed by atoms with Gasteiger partial charge < -0.3 is 20.1 Å². The number of anilines is 2. The lowest BCUT2D eigenvalue weighted by Gasteiger charge is -2.12. The van der Waals surface area contributed by atoms with Crippen LogP contribution in [0.2, 0.25) is 0 Å². The van der Waals surface area contributed by atoms with Crippen molar-refractivity contribution in [3.05, 3.63) is 53.6 Å². The van der Waals surface area contributed by atoms with E-state index in [1.54, 1.807) is 42.5 Å². The Labute approximate surface area is 163 Å². The SMILES string of the molecule is CCOc1cccc(/C=C(\C#N)C(=O)Nc2ccc(NC(C)=O)cc2)c1OC. The van der Waals surface area contributed by atoms with Crippen LogP contribution in [0.1, 0.15) is 19.4 Å². The van der Waals surface area contributed by atoms with Gasteiger partial charge in [0.05, 0.1) is 13.7 Å². The van der Waals surface area contributed by atoms with Crippen molar-refractivity contribution in [2.45, 2.75) is 13.8 Å². The number of amides is 2. The van der Waals surface area contributed by atoms with Crippen LogP contribution >= 0.6 is 0 Å². The molecule has 0 radical (unpaired) electrons. The smallest absolute Gasteiger partial charge is 0.266 e. The minimum absolute atomic E-state index is 0.0853. The number of nitrogens with zero attached hydrogens (tertiary/aromatic N) is 1. The fraction of sp³-hybridized carbons (Fsp3) is 0.190. The highest BCUT2D eigenvalue weighted by atomic mass is 16.5. The third-order valence-corrected chi connectivity index (χ3v) is 3.64. The molecule has 0 spiro atoms. The van der Waals surface area contributed by atoms with Gasteiger partial charge in [-0.3, -0.25) is 9.59 Å². The first-order chi connectivity index (χ1) is 13.5. The van der Waals surface area contributed by atoms with Gasteiger partial charge in [-0.15, -0.1) is 0 Å². The molecule has 2 amide bonds. The van der Waals surface area contributed by atoms with Crippen LogP contribution in [0.3, 0.4) is 0 Å². The van der Waals surface area contributed by atoms with Crippen LogP contribution in [-0.2, 0) is 9.59 Å². The normalized spacial score (nSPS) is 10.6. The van der Waals surface area contributed by atoms with E-state index in [1.807, 2.05) is 13.0 Å². The molecule has 7 nitrogen and oxygen atoms in total. The molecule has 7 heteroatoms. The fourth-order valence-corrected chi connectivity index (χ4v) is 2.48. The molecule has 2 aromatic carbocycles. The van der Waals surface area contributed by atoms with E-state index in [2.05, 4.69) is 10.6 Å². The largest absolute Gasteiger partial charge is 0.492 e. The number of carbonyl (C=O) groups excluding carboxylic acids is 2. The summed E-state index contributed by atoms with van der Waals surface area (Å²) in [5, 5.41) is 14.7. The number of benzene rings is 2. The molecule has 0 fully saturated rings. The van der Waals surface area contributed by atoms with Crippen LogP contribution in [0.5, 0.6) is 11.5 Å². The summed E-state index contributed by atoms with van der Waals surface area (Å²) in [5.74, 6) is 0.239. The molecular weight excluding hydrogens is 358 g/mol. The number of hydrogen-bond donors (Lipinski definition) is 2. The average molecular weight is 379 g/mol. The van der Waals surface area contributed by atoms with E-state index in [0.29, 0.717) is 35.0 Å². The summed E-state index contributed by atoms with van der Waals surface area (Å²) in [6.45, 7) is 3.73. The van der Waals surface area contributed by atoms with Crippen LogP contribution in [-0.4, -0.2) is 25.5 Å². The molecule has 144 valence electrons. The Morgan fingerprint density at radius 1 is 1.11 bits per heavy atom. The number of rotatable bonds is 7. The van der Waals surface area contributed by atoms with Crippen LogP contribution in [0.15, 0.2) is 48.0 Å². The van der Waals surface area contributed by atoms with Gasteiger partial charge in [0.15, 0.2) is 11.5 Å². The first kappa shape index (κ1) is 20.5. The summed E-state index contributed by atoms with van der Waals surface area (Å²) < 4.78 is 10.9. The molecule has 0 aliphatic heterocycles. The predicted octanol–water partition coefficient (Wildman–Crippen LogP) is 3.60. The zero-order chi connectivity index (χ0) is 20.5. The highest BCUT2D eigenvalue weighted by Gasteiger charge is 2.14. The lowest BCUT2D eigenvalue weighted by Crippen LogP contribution is -2.13. The highest BCUT2D eigenvalue weighted by molar-refractivity contribution is 6.10. The minimum atomic E-state index is -0.557. The van der Waals surface area contributed by atoms with E-state index < -0.39 is 5.91 Å². The Bertz CT molecular complexity index is 928. The molecule has 2 rings (SSSR count). The molecule has 0 heterocycles. The minimum Gasteiger partial charge on any atom is -0.492 e. The van der Waals surface area contributed by atoms with Gasteiger partial charge in [-0.05, 0) is 43.3 Å². The van der Waals surface area contributed by atoms with E-state index in [9.17, 15) is 14.9 Å². The van der Waals surface area contributed by atoms with E-state index in [4.69, 9.17) is 9.47 Å². The first-order valence-corrected chi connectivity index (χ1v) is 8.59. The van der Waals surface area contributed by atoms with Gasteiger partial charge >= 0.3 is 0 Å². The van der Waals surface area contributed by atoms with E-state index in [1.165, 1.54) is 20.1 Å². The highest BCUT2D eigenvalue weighted by Crippen LogP contribution is 2.32. The lowest BCUT2D eigenvalue weighted by atomic mass is 10.1. The number of nitriles is 1. The van der Waals surface area contributed by atoms with E-state index in [0.717, 1.165) is 0 Å². The molecular formula is C21H21N3O4. The Balaban J connectivity index is 2.23. The van der Waals surface area contributed by atoms with Crippen LogP contribution in [0, 0.1) is 11.3 Å². The van der Waals surface area contributed by atoms with Crippen molar-refractivity contribution in [1.82, 2.24) is 0 Å². The molecule has 0 aliphatic carbocycles. The molecule has 28 heavy (non-hydrogen) atoms. The van der Waals surface area contributed by atoms with Gasteiger partial charge in [0.1, 0.15) is 11.6 Å². The standard InChI is InChI=1S/C21H21N3O4/c1-4-28-19-7-5-6-15(20(19)27-3)12-16(13-22)21(26)24-18-10-8-17(9-11-18)23-14(2)25/h5-12H,4H2,1-3H3,(H,23,25)(H,24,26)/b16-12+. The molecule has 0 atom stereocenters. The van der Waals surface area contributed by atoms with Crippen LogP contribution in [0.25, 0.3) is 6.08 Å². The number of methoxy groups -OCH3 is 1. The van der Waals surface area contributed by atoms with Crippen molar-refractivity contribution >= 4 is 29.3 Å². The molecule has 2 N–H and O–H groups in total. The Morgan fingerprint density at radius 3 is 2.29 bits per heavy atom. The van der Waals surface area contributed by atoms with Crippen molar-refractivity contribution in [3.63, 3.8) is 0 Å².